The number of halogens is 1. The van der Waals surface area contributed by atoms with Gasteiger partial charge in [0.2, 0.25) is 0 Å². The van der Waals surface area contributed by atoms with Crippen LogP contribution >= 0.6 is 15.9 Å². The molecule has 0 unspecified atom stereocenters. The number of hydrogen-bond donors (Lipinski definition) is 2. The predicted octanol–water partition coefficient (Wildman–Crippen LogP) is 2.95. The molecule has 0 aliphatic carbocycles. The first-order valence-corrected chi connectivity index (χ1v) is 8.60. The van der Waals surface area contributed by atoms with Gasteiger partial charge < -0.3 is 15.5 Å². The van der Waals surface area contributed by atoms with Crippen molar-refractivity contribution in [1.29, 1.82) is 0 Å². The number of urea groups is 1. The van der Waals surface area contributed by atoms with Gasteiger partial charge in [-0.15, -0.1) is 0 Å². The van der Waals surface area contributed by atoms with E-state index in [9.17, 15) is 9.59 Å². The van der Waals surface area contributed by atoms with Crippen LogP contribution in [0, 0.1) is 5.92 Å². The lowest BCUT2D eigenvalue weighted by Crippen LogP contribution is -2.44. The monoisotopic (exact) mass is 377 g/mol. The van der Waals surface area contributed by atoms with Crippen molar-refractivity contribution in [3.63, 3.8) is 0 Å². The smallest absolute Gasteiger partial charge is 0.319 e. The fraction of sp³-hybridized carbons (Fsp3) is 0.412. The van der Waals surface area contributed by atoms with Gasteiger partial charge in [-0.1, -0.05) is 41.9 Å². The summed E-state index contributed by atoms with van der Waals surface area (Å²) in [6.07, 6.45) is 0.955. The van der Waals surface area contributed by atoms with Crippen LogP contribution in [0.4, 0.5) is 4.79 Å². The van der Waals surface area contributed by atoms with Crippen molar-refractivity contribution in [3.8, 4) is 0 Å². The first-order valence-electron chi connectivity index (χ1n) is 7.81. The summed E-state index contributed by atoms with van der Waals surface area (Å²) in [5, 5.41) is 5.66. The highest BCUT2D eigenvalue weighted by atomic mass is 79.9. The number of carbonyl (C=O) groups is 2. The molecule has 0 saturated carbocycles. The van der Waals surface area contributed by atoms with Gasteiger partial charge in [0.25, 0.3) is 5.91 Å². The van der Waals surface area contributed by atoms with Crippen LogP contribution in [0.2, 0.25) is 0 Å². The standard InChI is InChI=1S/C17H20BrN3O2/c1-10(2)7-8-21-9-13-14(16(21)22)15(20-17(23)19-13)11-3-5-12(18)6-4-11/h3-6,10,15H,7-9H2,1-2H3,(H2,19,20,23)/t15-/m0/s1. The van der Waals surface area contributed by atoms with Crippen molar-refractivity contribution in [3.05, 3.63) is 45.6 Å². The molecule has 0 saturated heterocycles. The third kappa shape index (κ3) is 3.27. The van der Waals surface area contributed by atoms with E-state index < -0.39 is 0 Å². The van der Waals surface area contributed by atoms with Crippen LogP contribution in [0.1, 0.15) is 31.9 Å². The fourth-order valence-corrected chi connectivity index (χ4v) is 3.19. The molecule has 0 spiro atoms. The second kappa shape index (κ2) is 6.35. The Kier molecular flexibility index (Phi) is 4.43. The summed E-state index contributed by atoms with van der Waals surface area (Å²) in [7, 11) is 0. The third-order valence-electron chi connectivity index (χ3n) is 4.20. The zero-order valence-corrected chi connectivity index (χ0v) is 14.8. The first kappa shape index (κ1) is 16.1. The van der Waals surface area contributed by atoms with Gasteiger partial charge in [-0.2, -0.15) is 0 Å². The van der Waals surface area contributed by atoms with Gasteiger partial charge in [0, 0.05) is 11.0 Å². The van der Waals surface area contributed by atoms with Gasteiger partial charge in [0.15, 0.2) is 0 Å². The van der Waals surface area contributed by atoms with E-state index in [1.54, 1.807) is 0 Å². The number of hydrogen-bond acceptors (Lipinski definition) is 2. The first-order chi connectivity index (χ1) is 11.0. The van der Waals surface area contributed by atoms with Crippen LogP contribution in [0.5, 0.6) is 0 Å². The molecule has 6 heteroatoms. The molecule has 1 aromatic carbocycles. The largest absolute Gasteiger partial charge is 0.333 e. The van der Waals surface area contributed by atoms with Crippen molar-refractivity contribution < 1.29 is 9.59 Å². The number of carbonyl (C=O) groups excluding carboxylic acids is 2. The molecule has 1 aromatic rings. The minimum absolute atomic E-state index is 0.0149. The van der Waals surface area contributed by atoms with Crippen LogP contribution in [-0.2, 0) is 4.79 Å². The lowest BCUT2D eigenvalue weighted by molar-refractivity contribution is -0.125. The lowest BCUT2D eigenvalue weighted by atomic mass is 9.96. The van der Waals surface area contributed by atoms with Crippen LogP contribution in [0.3, 0.4) is 0 Å². The highest BCUT2D eigenvalue weighted by Gasteiger charge is 2.40. The number of nitrogens with one attached hydrogen (secondary N) is 2. The molecule has 3 amide bonds. The Labute approximate surface area is 144 Å². The molecule has 2 aliphatic heterocycles. The van der Waals surface area contributed by atoms with Gasteiger partial charge >= 0.3 is 6.03 Å². The van der Waals surface area contributed by atoms with Gasteiger partial charge in [0.05, 0.1) is 23.9 Å². The highest BCUT2D eigenvalue weighted by molar-refractivity contribution is 9.10. The van der Waals surface area contributed by atoms with Crippen LogP contribution in [0.15, 0.2) is 40.0 Å². The number of rotatable bonds is 4. The normalized spacial score (nSPS) is 20.7. The number of nitrogens with zero attached hydrogens (tertiary/aromatic N) is 1. The minimum atomic E-state index is -0.386. The van der Waals surface area contributed by atoms with Crippen LogP contribution in [-0.4, -0.2) is 29.9 Å². The second-order valence-electron chi connectivity index (χ2n) is 6.38. The quantitative estimate of drug-likeness (QED) is 0.847. The fourth-order valence-electron chi connectivity index (χ4n) is 2.93. The lowest BCUT2D eigenvalue weighted by Gasteiger charge is -2.25. The van der Waals surface area contributed by atoms with E-state index in [2.05, 4.69) is 40.4 Å². The average molecular weight is 378 g/mol. The summed E-state index contributed by atoms with van der Waals surface area (Å²) < 4.78 is 0.965. The molecule has 2 N–H and O–H groups in total. The van der Waals surface area contributed by atoms with Gasteiger partial charge in [-0.3, -0.25) is 4.79 Å². The van der Waals surface area contributed by atoms with Gasteiger partial charge in [-0.25, -0.2) is 4.79 Å². The van der Waals surface area contributed by atoms with E-state index in [0.717, 1.165) is 22.2 Å². The van der Waals surface area contributed by atoms with Crippen molar-refractivity contribution in [2.24, 2.45) is 5.92 Å². The van der Waals surface area contributed by atoms with Crippen molar-refractivity contribution in [2.75, 3.05) is 13.1 Å². The Bertz CT molecular complexity index is 667. The summed E-state index contributed by atoms with van der Waals surface area (Å²) in [6.45, 7) is 5.48. The SMILES string of the molecule is CC(C)CCN1CC2=C(C1=O)[C@H](c1ccc(Br)cc1)NC(=O)N2. The Balaban J connectivity index is 1.87. The molecule has 3 rings (SSSR count). The molecular weight excluding hydrogens is 358 g/mol. The zero-order valence-electron chi connectivity index (χ0n) is 13.2. The van der Waals surface area contributed by atoms with Gasteiger partial charge in [-0.05, 0) is 30.0 Å². The van der Waals surface area contributed by atoms with Crippen LogP contribution in [0.25, 0.3) is 0 Å². The van der Waals surface area contributed by atoms with E-state index in [4.69, 9.17) is 0 Å². The Hall–Kier alpha value is -1.82. The molecule has 5 nitrogen and oxygen atoms in total. The summed E-state index contributed by atoms with van der Waals surface area (Å²) in [5.41, 5.74) is 2.31. The van der Waals surface area contributed by atoms with E-state index in [1.807, 2.05) is 29.2 Å². The molecular formula is C17H20BrN3O2. The molecule has 1 atom stereocenters. The van der Waals surface area contributed by atoms with Crippen molar-refractivity contribution in [1.82, 2.24) is 15.5 Å². The molecule has 0 radical (unpaired) electrons. The third-order valence-corrected chi connectivity index (χ3v) is 4.73. The maximum atomic E-state index is 12.8. The average Bonchev–Trinajstić information content (AvgIpc) is 2.81. The Morgan fingerprint density at radius 2 is 1.96 bits per heavy atom. The highest BCUT2D eigenvalue weighted by Crippen LogP contribution is 2.33. The number of amides is 3. The topological polar surface area (TPSA) is 61.4 Å². The molecule has 23 heavy (non-hydrogen) atoms. The molecule has 0 fully saturated rings. The Morgan fingerprint density at radius 3 is 2.61 bits per heavy atom. The second-order valence-corrected chi connectivity index (χ2v) is 7.30. The Morgan fingerprint density at radius 1 is 1.26 bits per heavy atom. The van der Waals surface area contributed by atoms with Gasteiger partial charge in [0.1, 0.15) is 0 Å². The minimum Gasteiger partial charge on any atom is -0.333 e. The molecule has 0 aromatic heterocycles. The van der Waals surface area contributed by atoms with Crippen LogP contribution < -0.4 is 10.6 Å². The molecule has 0 bridgehead atoms. The van der Waals surface area contributed by atoms with E-state index in [0.29, 0.717) is 24.6 Å². The zero-order chi connectivity index (χ0) is 16.6. The molecule has 2 aliphatic rings. The number of benzene rings is 1. The summed E-state index contributed by atoms with van der Waals surface area (Å²) in [4.78, 5) is 26.5. The van der Waals surface area contributed by atoms with Crippen molar-refractivity contribution >= 4 is 27.9 Å². The molecule has 122 valence electrons. The molecule has 2 heterocycles. The summed E-state index contributed by atoms with van der Waals surface area (Å²) in [6, 6.07) is 7.04. The summed E-state index contributed by atoms with van der Waals surface area (Å²) >= 11 is 3.41. The maximum absolute atomic E-state index is 12.8. The van der Waals surface area contributed by atoms with E-state index >= 15 is 0 Å². The maximum Gasteiger partial charge on any atom is 0.319 e. The van der Waals surface area contributed by atoms with E-state index in [1.165, 1.54) is 0 Å². The van der Waals surface area contributed by atoms with Crippen molar-refractivity contribution in [2.45, 2.75) is 26.3 Å². The predicted molar refractivity (Wildman–Crippen MR) is 91.6 cm³/mol. The van der Waals surface area contributed by atoms with E-state index in [-0.39, 0.29) is 18.0 Å². The summed E-state index contributed by atoms with van der Waals surface area (Å²) in [5.74, 6) is 0.552.